The summed E-state index contributed by atoms with van der Waals surface area (Å²) < 4.78 is 13.0. The molecule has 0 bridgehead atoms. The van der Waals surface area contributed by atoms with Crippen LogP contribution in [0.4, 0.5) is 10.3 Å². The minimum atomic E-state index is -0.678. The second-order valence-electron chi connectivity index (χ2n) is 6.29. The van der Waals surface area contributed by atoms with Crippen molar-refractivity contribution >= 4 is 24.0 Å². The van der Waals surface area contributed by atoms with E-state index >= 15 is 0 Å². The van der Waals surface area contributed by atoms with Crippen LogP contribution in [0.3, 0.4) is 0 Å². The largest absolute Gasteiger partial charge is 0.328 e. The maximum Gasteiger partial charge on any atom is 0.289 e. The van der Waals surface area contributed by atoms with Gasteiger partial charge in [-0.15, -0.1) is 0 Å². The molecule has 31 heavy (non-hydrogen) atoms. The van der Waals surface area contributed by atoms with Crippen molar-refractivity contribution in [2.75, 3.05) is 5.32 Å². The fourth-order valence-electron chi connectivity index (χ4n) is 2.37. The van der Waals surface area contributed by atoms with Crippen LogP contribution in [-0.4, -0.2) is 28.0 Å². The van der Waals surface area contributed by atoms with Crippen LogP contribution in [0, 0.1) is 12.7 Å². The van der Waals surface area contributed by atoms with Crippen LogP contribution in [0.1, 0.15) is 21.6 Å². The zero-order chi connectivity index (χ0) is 22.1. The summed E-state index contributed by atoms with van der Waals surface area (Å²) in [6.07, 6.45) is 4.19. The first-order chi connectivity index (χ1) is 15.0. The van der Waals surface area contributed by atoms with Gasteiger partial charge in [0, 0.05) is 23.7 Å². The van der Waals surface area contributed by atoms with Gasteiger partial charge in [0.15, 0.2) is 0 Å². The summed E-state index contributed by atoms with van der Waals surface area (Å²) in [5.74, 6) is -1.27. The van der Waals surface area contributed by atoms with Gasteiger partial charge in [-0.05, 0) is 42.8 Å². The van der Waals surface area contributed by atoms with Gasteiger partial charge in [-0.2, -0.15) is 5.10 Å². The Balaban J connectivity index is 1.74. The lowest BCUT2D eigenvalue weighted by molar-refractivity contribution is -0.117. The van der Waals surface area contributed by atoms with E-state index in [1.165, 1.54) is 36.7 Å². The molecule has 0 aliphatic rings. The van der Waals surface area contributed by atoms with Crippen molar-refractivity contribution in [2.45, 2.75) is 6.92 Å². The summed E-state index contributed by atoms with van der Waals surface area (Å²) in [4.78, 5) is 33.3. The summed E-state index contributed by atoms with van der Waals surface area (Å²) in [6, 6.07) is 15.7. The lowest BCUT2D eigenvalue weighted by Crippen LogP contribution is -2.33. The van der Waals surface area contributed by atoms with Crippen molar-refractivity contribution in [3.05, 3.63) is 101 Å². The molecule has 2 amide bonds. The number of rotatable bonds is 7. The molecule has 0 fully saturated rings. The quantitative estimate of drug-likeness (QED) is 0.311. The topological polar surface area (TPSA) is 108 Å². The van der Waals surface area contributed by atoms with Gasteiger partial charge in [-0.25, -0.2) is 19.8 Å². The molecule has 0 radical (unpaired) electrons. The van der Waals surface area contributed by atoms with Gasteiger partial charge in [0.05, 0.1) is 6.21 Å². The first kappa shape index (κ1) is 21.3. The second-order valence-corrected chi connectivity index (χ2v) is 6.29. The Morgan fingerprint density at radius 1 is 1.03 bits per heavy atom. The molecule has 9 heteroatoms. The Hall–Kier alpha value is -4.40. The lowest BCUT2D eigenvalue weighted by atomic mass is 10.2. The van der Waals surface area contributed by atoms with Crippen LogP contribution in [0.15, 0.2) is 83.9 Å². The van der Waals surface area contributed by atoms with Gasteiger partial charge in [0.1, 0.15) is 11.5 Å². The first-order valence-electron chi connectivity index (χ1n) is 9.23. The summed E-state index contributed by atoms with van der Waals surface area (Å²) in [5.41, 5.74) is 3.92. The van der Waals surface area contributed by atoms with E-state index < -0.39 is 11.8 Å². The third-order valence-corrected chi connectivity index (χ3v) is 3.92. The van der Waals surface area contributed by atoms with Crippen LogP contribution >= 0.6 is 0 Å². The summed E-state index contributed by atoms with van der Waals surface area (Å²) in [5, 5.41) is 9.17. The number of amides is 2. The number of hydrogen-bond acceptors (Lipinski definition) is 6. The Kier molecular flexibility index (Phi) is 7.15. The van der Waals surface area contributed by atoms with Crippen LogP contribution in [0.5, 0.6) is 0 Å². The smallest absolute Gasteiger partial charge is 0.289 e. The Morgan fingerprint density at radius 3 is 2.48 bits per heavy atom. The molecule has 0 unspecified atom stereocenters. The SMILES string of the molecule is Cc1ccnc(N/C=C(\NC(=O)c2ccccc2)C(=O)N/N=C/c2ccc(F)cc2)n1. The molecule has 2 aromatic carbocycles. The summed E-state index contributed by atoms with van der Waals surface area (Å²) >= 11 is 0. The van der Waals surface area contributed by atoms with Gasteiger partial charge in [-0.1, -0.05) is 30.3 Å². The molecular weight excluding hydrogens is 399 g/mol. The average Bonchev–Trinajstić information content (AvgIpc) is 2.78. The highest BCUT2D eigenvalue weighted by molar-refractivity contribution is 6.03. The molecule has 0 saturated heterocycles. The second kappa shape index (κ2) is 10.4. The maximum absolute atomic E-state index is 13.0. The Bertz CT molecular complexity index is 1110. The molecule has 0 saturated carbocycles. The third-order valence-electron chi connectivity index (χ3n) is 3.92. The van der Waals surface area contributed by atoms with Crippen LogP contribution in [0.25, 0.3) is 0 Å². The van der Waals surface area contributed by atoms with Crippen molar-refractivity contribution in [3.63, 3.8) is 0 Å². The van der Waals surface area contributed by atoms with E-state index in [9.17, 15) is 14.0 Å². The highest BCUT2D eigenvalue weighted by Crippen LogP contribution is 2.04. The summed E-state index contributed by atoms with van der Waals surface area (Å²) in [6.45, 7) is 1.80. The molecule has 156 valence electrons. The molecule has 3 rings (SSSR count). The number of aryl methyl sites for hydroxylation is 1. The van der Waals surface area contributed by atoms with E-state index in [-0.39, 0.29) is 17.5 Å². The third kappa shape index (κ3) is 6.57. The van der Waals surface area contributed by atoms with Gasteiger partial charge in [-0.3, -0.25) is 9.59 Å². The van der Waals surface area contributed by atoms with Crippen molar-refractivity contribution < 1.29 is 14.0 Å². The van der Waals surface area contributed by atoms with Gasteiger partial charge in [0.25, 0.3) is 11.8 Å². The van der Waals surface area contributed by atoms with Crippen LogP contribution in [-0.2, 0) is 4.79 Å². The van der Waals surface area contributed by atoms with Gasteiger partial charge >= 0.3 is 0 Å². The molecule has 0 aliphatic heterocycles. The first-order valence-corrected chi connectivity index (χ1v) is 9.23. The molecule has 1 aromatic heterocycles. The molecule has 8 nitrogen and oxygen atoms in total. The number of halogens is 1. The highest BCUT2D eigenvalue weighted by Gasteiger charge is 2.14. The lowest BCUT2D eigenvalue weighted by Gasteiger charge is -2.09. The van der Waals surface area contributed by atoms with E-state index in [2.05, 4.69) is 31.1 Å². The predicted molar refractivity (Wildman–Crippen MR) is 115 cm³/mol. The minimum Gasteiger partial charge on any atom is -0.328 e. The fraction of sp³-hybridized carbons (Fsp3) is 0.0455. The number of anilines is 1. The van der Waals surface area contributed by atoms with Crippen molar-refractivity contribution in [2.24, 2.45) is 5.10 Å². The van der Waals surface area contributed by atoms with Crippen LogP contribution < -0.4 is 16.1 Å². The summed E-state index contributed by atoms with van der Waals surface area (Å²) in [7, 11) is 0. The molecule has 0 atom stereocenters. The molecule has 1 heterocycles. The Labute approximate surface area is 177 Å². The molecule has 3 aromatic rings. The van der Waals surface area contributed by atoms with E-state index in [1.54, 1.807) is 49.5 Å². The number of aromatic nitrogens is 2. The number of nitrogens with one attached hydrogen (secondary N) is 3. The number of hydrazone groups is 1. The minimum absolute atomic E-state index is 0.102. The van der Waals surface area contributed by atoms with Gasteiger partial charge < -0.3 is 10.6 Å². The normalized spacial score (nSPS) is 11.2. The fourth-order valence-corrected chi connectivity index (χ4v) is 2.37. The van der Waals surface area contributed by atoms with Crippen molar-refractivity contribution in [3.8, 4) is 0 Å². The zero-order valence-electron chi connectivity index (χ0n) is 16.5. The van der Waals surface area contributed by atoms with E-state index in [4.69, 9.17) is 0 Å². The number of hydrogen-bond donors (Lipinski definition) is 3. The molecule has 3 N–H and O–H groups in total. The number of benzene rings is 2. The highest BCUT2D eigenvalue weighted by atomic mass is 19.1. The number of carbonyl (C=O) groups excluding carboxylic acids is 2. The van der Waals surface area contributed by atoms with Crippen LogP contribution in [0.2, 0.25) is 0 Å². The predicted octanol–water partition coefficient (Wildman–Crippen LogP) is 2.76. The molecule has 0 spiro atoms. The van der Waals surface area contributed by atoms with E-state index in [0.717, 1.165) is 5.69 Å². The standard InChI is InChI=1S/C22H19FN6O2/c1-15-11-12-24-22(27-15)25-14-19(28-20(30)17-5-3-2-4-6-17)21(31)29-26-13-16-7-9-18(23)10-8-16/h2-14H,1H3,(H,28,30)(H,29,31)(H,24,25,27)/b19-14-,26-13+. The average molecular weight is 418 g/mol. The molecular formula is C22H19FN6O2. The Morgan fingerprint density at radius 2 is 1.77 bits per heavy atom. The zero-order valence-corrected chi connectivity index (χ0v) is 16.5. The maximum atomic E-state index is 13.0. The van der Waals surface area contributed by atoms with Crippen molar-refractivity contribution in [1.82, 2.24) is 20.7 Å². The number of nitrogens with zero attached hydrogens (tertiary/aromatic N) is 3. The molecule has 0 aliphatic carbocycles. The van der Waals surface area contributed by atoms with E-state index in [0.29, 0.717) is 11.1 Å². The van der Waals surface area contributed by atoms with Crippen molar-refractivity contribution in [1.29, 1.82) is 0 Å². The number of carbonyl (C=O) groups is 2. The van der Waals surface area contributed by atoms with Gasteiger partial charge in [0.2, 0.25) is 5.95 Å². The monoisotopic (exact) mass is 418 g/mol. The van der Waals surface area contributed by atoms with E-state index in [1.807, 2.05) is 0 Å².